The zero-order valence-electron chi connectivity index (χ0n) is 23.4. The molecule has 4 amide bonds. The Hall–Kier alpha value is -4.69. The van der Waals surface area contributed by atoms with Crippen LogP contribution in [0.1, 0.15) is 33.4 Å². The van der Waals surface area contributed by atoms with Crippen LogP contribution in [0.4, 0.5) is 10.5 Å². The number of amides is 4. The van der Waals surface area contributed by atoms with E-state index in [9.17, 15) is 14.4 Å². The lowest BCUT2D eigenvalue weighted by molar-refractivity contribution is -0.122. The molecule has 5 rings (SSSR count). The van der Waals surface area contributed by atoms with E-state index in [4.69, 9.17) is 9.47 Å². The third kappa shape index (κ3) is 6.61. The third-order valence-corrected chi connectivity index (χ3v) is 7.58. The summed E-state index contributed by atoms with van der Waals surface area (Å²) in [4.78, 5) is 39.6. The number of imide groups is 2. The maximum Gasteiger partial charge on any atom is 0.335 e. The van der Waals surface area contributed by atoms with Gasteiger partial charge in [-0.05, 0) is 107 Å². The molecule has 0 spiro atoms. The van der Waals surface area contributed by atoms with Gasteiger partial charge in [0.15, 0.2) is 0 Å². The van der Waals surface area contributed by atoms with Crippen molar-refractivity contribution in [2.24, 2.45) is 0 Å². The van der Waals surface area contributed by atoms with E-state index in [1.807, 2.05) is 37.3 Å². The molecule has 4 aromatic rings. The Morgan fingerprint density at radius 1 is 0.762 bits per heavy atom. The molecule has 7 nitrogen and oxygen atoms in total. The lowest BCUT2D eigenvalue weighted by Gasteiger charge is -2.26. The first-order valence-corrected chi connectivity index (χ1v) is 14.2. The van der Waals surface area contributed by atoms with Gasteiger partial charge in [-0.1, -0.05) is 54.1 Å². The molecule has 1 aliphatic rings. The van der Waals surface area contributed by atoms with Gasteiger partial charge in [0.25, 0.3) is 11.8 Å². The molecule has 0 radical (unpaired) electrons. The van der Waals surface area contributed by atoms with Crippen molar-refractivity contribution < 1.29 is 23.9 Å². The first-order chi connectivity index (χ1) is 20.2. The average Bonchev–Trinajstić information content (AvgIpc) is 2.97. The van der Waals surface area contributed by atoms with Gasteiger partial charge in [0.05, 0.1) is 10.2 Å². The highest BCUT2D eigenvalue weighted by Crippen LogP contribution is 2.29. The number of halogens is 1. The Labute approximate surface area is 252 Å². The van der Waals surface area contributed by atoms with Crippen LogP contribution in [0.5, 0.6) is 11.5 Å². The highest BCUT2D eigenvalue weighted by molar-refractivity contribution is 9.10. The van der Waals surface area contributed by atoms with Crippen LogP contribution in [0, 0.1) is 20.8 Å². The molecule has 0 saturated carbocycles. The summed E-state index contributed by atoms with van der Waals surface area (Å²) in [7, 11) is 0. The Morgan fingerprint density at radius 3 is 2.14 bits per heavy atom. The molecule has 212 valence electrons. The van der Waals surface area contributed by atoms with Gasteiger partial charge in [0, 0.05) is 0 Å². The van der Waals surface area contributed by atoms with Crippen molar-refractivity contribution in [2.75, 3.05) is 4.90 Å². The molecule has 4 aromatic carbocycles. The predicted molar refractivity (Wildman–Crippen MR) is 165 cm³/mol. The van der Waals surface area contributed by atoms with E-state index in [2.05, 4.69) is 47.2 Å². The highest BCUT2D eigenvalue weighted by atomic mass is 79.9. The first kappa shape index (κ1) is 28.8. The monoisotopic (exact) mass is 624 g/mol. The number of hydrogen-bond acceptors (Lipinski definition) is 5. The Balaban J connectivity index is 1.28. The molecule has 1 aliphatic heterocycles. The maximum atomic E-state index is 13.3. The summed E-state index contributed by atoms with van der Waals surface area (Å²) in [5, 5.41) is 2.26. The molecule has 42 heavy (non-hydrogen) atoms. The summed E-state index contributed by atoms with van der Waals surface area (Å²) >= 11 is 3.52. The minimum absolute atomic E-state index is 0.162. The van der Waals surface area contributed by atoms with Gasteiger partial charge in [-0.3, -0.25) is 14.9 Å². The van der Waals surface area contributed by atoms with Gasteiger partial charge < -0.3 is 9.47 Å². The second-order valence-corrected chi connectivity index (χ2v) is 11.0. The summed E-state index contributed by atoms with van der Waals surface area (Å²) in [5.74, 6) is -0.272. The third-order valence-electron chi connectivity index (χ3n) is 6.96. The number of nitrogens with zero attached hydrogens (tertiary/aromatic N) is 1. The van der Waals surface area contributed by atoms with Crippen molar-refractivity contribution in [2.45, 2.75) is 34.0 Å². The van der Waals surface area contributed by atoms with Crippen LogP contribution in [-0.2, 0) is 22.8 Å². The SMILES string of the molecule is Cc1ccc(COc2ccc(N3C(=O)NC(=O)/C(=C\c4ccc(OCc5ccc(C)c(C)c5)c(Br)c4)C3=O)cc2)cc1. The number of carbonyl (C=O) groups is 3. The summed E-state index contributed by atoms with van der Waals surface area (Å²) in [6.07, 6.45) is 1.45. The number of urea groups is 1. The van der Waals surface area contributed by atoms with Crippen molar-refractivity contribution in [1.82, 2.24) is 5.32 Å². The van der Waals surface area contributed by atoms with E-state index in [-0.39, 0.29) is 5.57 Å². The average molecular weight is 626 g/mol. The Morgan fingerprint density at radius 2 is 1.45 bits per heavy atom. The van der Waals surface area contributed by atoms with Crippen LogP contribution in [0.15, 0.2) is 95.0 Å². The van der Waals surface area contributed by atoms with Crippen LogP contribution < -0.4 is 19.7 Å². The molecular weight excluding hydrogens is 596 g/mol. The number of rotatable bonds is 8. The maximum absolute atomic E-state index is 13.3. The number of ether oxygens (including phenoxy) is 2. The van der Waals surface area contributed by atoms with Crippen LogP contribution >= 0.6 is 15.9 Å². The molecule has 0 bridgehead atoms. The van der Waals surface area contributed by atoms with Crippen molar-refractivity contribution >= 4 is 45.5 Å². The molecule has 0 aromatic heterocycles. The highest BCUT2D eigenvalue weighted by Gasteiger charge is 2.36. The zero-order chi connectivity index (χ0) is 29.8. The quantitative estimate of drug-likeness (QED) is 0.165. The number of barbiturate groups is 1. The van der Waals surface area contributed by atoms with Gasteiger partial charge in [-0.2, -0.15) is 0 Å². The van der Waals surface area contributed by atoms with E-state index in [1.165, 1.54) is 22.8 Å². The van der Waals surface area contributed by atoms with E-state index < -0.39 is 17.8 Å². The van der Waals surface area contributed by atoms with Crippen molar-refractivity contribution in [3.05, 3.63) is 128 Å². The summed E-state index contributed by atoms with van der Waals surface area (Å²) in [5.41, 5.74) is 6.41. The molecule has 0 atom stereocenters. The van der Waals surface area contributed by atoms with E-state index in [0.29, 0.717) is 40.4 Å². The fourth-order valence-corrected chi connectivity index (χ4v) is 4.89. The standard InChI is InChI=1S/C34H29BrN2O5/c1-21-4-7-24(8-5-21)19-41-28-13-11-27(12-14-28)37-33(39)29(32(38)36-34(37)40)17-25-10-15-31(30(35)18-25)42-20-26-9-6-22(2)23(3)16-26/h4-18H,19-20H2,1-3H3,(H,36,38,40)/b29-17+. The predicted octanol–water partition coefficient (Wildman–Crippen LogP) is 7.20. The second kappa shape index (κ2) is 12.4. The minimum Gasteiger partial charge on any atom is -0.489 e. The number of hydrogen-bond donors (Lipinski definition) is 1. The fourth-order valence-electron chi connectivity index (χ4n) is 4.38. The topological polar surface area (TPSA) is 84.9 Å². The fraction of sp³-hybridized carbons (Fsp3) is 0.147. The number of carbonyl (C=O) groups excluding carboxylic acids is 3. The summed E-state index contributed by atoms with van der Waals surface area (Å²) in [6.45, 7) is 6.93. The van der Waals surface area contributed by atoms with E-state index in [0.717, 1.165) is 16.0 Å². The Kier molecular flexibility index (Phi) is 8.54. The van der Waals surface area contributed by atoms with Gasteiger partial charge in [0.1, 0.15) is 30.3 Å². The number of anilines is 1. The largest absolute Gasteiger partial charge is 0.489 e. The molecule has 1 heterocycles. The zero-order valence-corrected chi connectivity index (χ0v) is 25.0. The lowest BCUT2D eigenvalue weighted by atomic mass is 10.1. The van der Waals surface area contributed by atoms with E-state index in [1.54, 1.807) is 42.5 Å². The normalized spacial score (nSPS) is 14.2. The summed E-state index contributed by atoms with van der Waals surface area (Å²) in [6, 6.07) is 25.2. The molecular formula is C34H29BrN2O5. The molecule has 1 fully saturated rings. The molecule has 0 unspecified atom stereocenters. The molecule has 0 aliphatic carbocycles. The smallest absolute Gasteiger partial charge is 0.335 e. The number of benzene rings is 4. The van der Waals surface area contributed by atoms with Gasteiger partial charge >= 0.3 is 6.03 Å². The Bertz CT molecular complexity index is 1690. The number of aryl methyl sites for hydroxylation is 3. The number of nitrogens with one attached hydrogen (secondary N) is 1. The summed E-state index contributed by atoms with van der Waals surface area (Å²) < 4.78 is 12.5. The minimum atomic E-state index is -0.813. The van der Waals surface area contributed by atoms with Crippen LogP contribution in [0.3, 0.4) is 0 Å². The van der Waals surface area contributed by atoms with Gasteiger partial charge in [-0.15, -0.1) is 0 Å². The van der Waals surface area contributed by atoms with Crippen molar-refractivity contribution in [3.63, 3.8) is 0 Å². The van der Waals surface area contributed by atoms with Gasteiger partial charge in [0.2, 0.25) is 0 Å². The molecule has 1 N–H and O–H groups in total. The van der Waals surface area contributed by atoms with Crippen LogP contribution in [0.25, 0.3) is 6.08 Å². The van der Waals surface area contributed by atoms with Crippen LogP contribution in [-0.4, -0.2) is 17.8 Å². The van der Waals surface area contributed by atoms with Crippen LogP contribution in [0.2, 0.25) is 0 Å². The lowest BCUT2D eigenvalue weighted by Crippen LogP contribution is -2.54. The van der Waals surface area contributed by atoms with Crippen molar-refractivity contribution in [1.29, 1.82) is 0 Å². The first-order valence-electron chi connectivity index (χ1n) is 13.4. The van der Waals surface area contributed by atoms with Gasteiger partial charge in [-0.25, -0.2) is 9.69 Å². The molecule has 1 saturated heterocycles. The molecule has 8 heteroatoms. The second-order valence-electron chi connectivity index (χ2n) is 10.1. The van der Waals surface area contributed by atoms with Crippen molar-refractivity contribution in [3.8, 4) is 11.5 Å². The van der Waals surface area contributed by atoms with E-state index >= 15 is 0 Å².